The van der Waals surface area contributed by atoms with Crippen molar-refractivity contribution in [3.8, 4) is 11.4 Å². The third kappa shape index (κ3) is 5.40. The Morgan fingerprint density at radius 2 is 1.97 bits per heavy atom. The normalized spacial score (nSPS) is 11.5. The molecule has 31 heavy (non-hydrogen) atoms. The smallest absolute Gasteiger partial charge is 0.242 e. The van der Waals surface area contributed by atoms with Gasteiger partial charge in [0.05, 0.1) is 17.3 Å². The largest absolute Gasteiger partial charge is 0.492 e. The van der Waals surface area contributed by atoms with E-state index in [-0.39, 0.29) is 16.6 Å². The van der Waals surface area contributed by atoms with E-state index < -0.39 is 10.0 Å². The van der Waals surface area contributed by atoms with E-state index in [1.165, 1.54) is 30.9 Å². The Hall–Kier alpha value is -2.96. The number of carbonyl (C=O) groups excluding carboxylic acids is 1. The summed E-state index contributed by atoms with van der Waals surface area (Å²) in [4.78, 5) is 12.5. The van der Waals surface area contributed by atoms with Crippen LogP contribution in [0, 0.1) is 0 Å². The van der Waals surface area contributed by atoms with Gasteiger partial charge in [-0.2, -0.15) is 4.68 Å². The average molecular weight is 463 g/mol. The van der Waals surface area contributed by atoms with Crippen molar-refractivity contribution in [1.29, 1.82) is 0 Å². The number of aromatic nitrogens is 4. The summed E-state index contributed by atoms with van der Waals surface area (Å²) in [6, 6.07) is 13.4. The van der Waals surface area contributed by atoms with E-state index in [1.54, 1.807) is 12.1 Å². The molecule has 0 unspecified atom stereocenters. The number of amides is 1. The number of thioether (sulfide) groups is 1. The van der Waals surface area contributed by atoms with Crippen LogP contribution in [0.5, 0.6) is 5.75 Å². The molecule has 3 aromatic rings. The number of nitrogens with one attached hydrogen (secondary N) is 1. The molecule has 0 bridgehead atoms. The topological polar surface area (TPSA) is 119 Å². The van der Waals surface area contributed by atoms with Crippen molar-refractivity contribution in [3.63, 3.8) is 0 Å². The highest BCUT2D eigenvalue weighted by atomic mass is 32.2. The van der Waals surface area contributed by atoms with Gasteiger partial charge < -0.3 is 10.1 Å². The van der Waals surface area contributed by atoms with E-state index in [0.29, 0.717) is 28.9 Å². The van der Waals surface area contributed by atoms with Crippen LogP contribution in [-0.2, 0) is 14.8 Å². The minimum atomic E-state index is -3.59. The van der Waals surface area contributed by atoms with Gasteiger partial charge in [0.25, 0.3) is 0 Å². The van der Waals surface area contributed by atoms with Crippen LogP contribution in [0.4, 0.5) is 5.69 Å². The molecule has 0 aliphatic rings. The molecule has 0 spiro atoms. The molecule has 1 N–H and O–H groups in total. The molecule has 12 heteroatoms. The molecule has 10 nitrogen and oxygen atoms in total. The molecule has 1 aromatic heterocycles. The summed E-state index contributed by atoms with van der Waals surface area (Å²) in [5.41, 5.74) is 1.05. The van der Waals surface area contributed by atoms with Gasteiger partial charge in [-0.1, -0.05) is 30.0 Å². The summed E-state index contributed by atoms with van der Waals surface area (Å²) in [5, 5.41) is 14.8. The number of benzene rings is 2. The quantitative estimate of drug-likeness (QED) is 0.480. The Kier molecular flexibility index (Phi) is 7.25. The fourth-order valence-corrected chi connectivity index (χ4v) is 4.23. The second kappa shape index (κ2) is 9.90. The number of carbonyl (C=O) groups is 1. The third-order valence-corrected chi connectivity index (χ3v) is 6.79. The maximum Gasteiger partial charge on any atom is 0.242 e. The lowest BCUT2D eigenvalue weighted by molar-refractivity contribution is -0.113. The Morgan fingerprint density at radius 3 is 2.71 bits per heavy atom. The van der Waals surface area contributed by atoms with E-state index in [2.05, 4.69) is 20.8 Å². The number of hydrogen-bond acceptors (Lipinski definition) is 8. The fraction of sp³-hybridized carbons (Fsp3) is 0.263. The summed E-state index contributed by atoms with van der Waals surface area (Å²) >= 11 is 1.15. The van der Waals surface area contributed by atoms with Crippen LogP contribution >= 0.6 is 11.8 Å². The molecule has 1 heterocycles. The van der Waals surface area contributed by atoms with Crippen LogP contribution < -0.4 is 10.1 Å². The highest BCUT2D eigenvalue weighted by molar-refractivity contribution is 7.99. The molecule has 0 aliphatic carbocycles. The monoisotopic (exact) mass is 462 g/mol. The molecule has 164 valence electrons. The van der Waals surface area contributed by atoms with Crippen molar-refractivity contribution < 1.29 is 17.9 Å². The molecule has 1 amide bonds. The zero-order valence-corrected chi connectivity index (χ0v) is 18.9. The molecular formula is C19H22N6O4S2. The van der Waals surface area contributed by atoms with E-state index in [4.69, 9.17) is 4.74 Å². The minimum absolute atomic E-state index is 0.0296. The number of ether oxygens (including phenoxy) is 1. The van der Waals surface area contributed by atoms with Gasteiger partial charge in [-0.25, -0.2) is 12.7 Å². The van der Waals surface area contributed by atoms with Crippen molar-refractivity contribution in [2.75, 3.05) is 31.8 Å². The van der Waals surface area contributed by atoms with Gasteiger partial charge in [-0.3, -0.25) is 4.79 Å². The van der Waals surface area contributed by atoms with E-state index >= 15 is 0 Å². The van der Waals surface area contributed by atoms with Crippen molar-refractivity contribution in [2.45, 2.75) is 17.0 Å². The number of sulfonamides is 1. The van der Waals surface area contributed by atoms with Crippen molar-refractivity contribution in [3.05, 3.63) is 48.5 Å². The maximum atomic E-state index is 12.4. The standard InChI is InChI=1S/C19H22N6O4S2/c1-4-29-17-11-6-5-10-16(17)25-19(21-22-23-25)30-13-18(26)20-14-8-7-9-15(12-14)31(27,28)24(2)3/h5-12H,4,13H2,1-3H3,(H,20,26). The fourth-order valence-electron chi connectivity index (χ4n) is 2.60. The van der Waals surface area contributed by atoms with Crippen LogP contribution in [0.1, 0.15) is 6.92 Å². The molecule has 0 saturated carbocycles. The van der Waals surface area contributed by atoms with Crippen LogP contribution in [0.3, 0.4) is 0 Å². The van der Waals surface area contributed by atoms with Gasteiger partial charge in [0, 0.05) is 19.8 Å². The molecule has 0 aliphatic heterocycles. The summed E-state index contributed by atoms with van der Waals surface area (Å²) in [6.07, 6.45) is 0. The third-order valence-electron chi connectivity index (χ3n) is 4.06. The van der Waals surface area contributed by atoms with E-state index in [0.717, 1.165) is 16.1 Å². The Bertz CT molecular complexity index is 1160. The Labute approximate surface area is 184 Å². The molecular weight excluding hydrogens is 440 g/mol. The Morgan fingerprint density at radius 1 is 1.19 bits per heavy atom. The second-order valence-electron chi connectivity index (χ2n) is 6.43. The van der Waals surface area contributed by atoms with Crippen LogP contribution in [0.25, 0.3) is 5.69 Å². The molecule has 2 aromatic carbocycles. The van der Waals surface area contributed by atoms with Gasteiger partial charge in [-0.15, -0.1) is 5.10 Å². The predicted octanol–water partition coefficient (Wildman–Crippen LogP) is 2.04. The molecule has 0 fully saturated rings. The van der Waals surface area contributed by atoms with Gasteiger partial charge in [0.1, 0.15) is 11.4 Å². The first kappa shape index (κ1) is 22.7. The summed E-state index contributed by atoms with van der Waals surface area (Å²) in [7, 11) is -0.694. The Balaban J connectivity index is 1.69. The van der Waals surface area contributed by atoms with E-state index in [1.807, 2.05) is 31.2 Å². The number of nitrogens with zero attached hydrogens (tertiary/aromatic N) is 5. The van der Waals surface area contributed by atoms with E-state index in [9.17, 15) is 13.2 Å². The van der Waals surface area contributed by atoms with Crippen LogP contribution in [-0.4, -0.2) is 65.3 Å². The van der Waals surface area contributed by atoms with Gasteiger partial charge in [0.15, 0.2) is 0 Å². The number of anilines is 1. The first-order chi connectivity index (χ1) is 14.8. The first-order valence-electron chi connectivity index (χ1n) is 9.28. The molecule has 0 radical (unpaired) electrons. The highest BCUT2D eigenvalue weighted by Gasteiger charge is 2.18. The predicted molar refractivity (Wildman–Crippen MR) is 117 cm³/mol. The number of para-hydroxylation sites is 2. The van der Waals surface area contributed by atoms with Crippen molar-refractivity contribution in [1.82, 2.24) is 24.5 Å². The zero-order chi connectivity index (χ0) is 22.4. The lowest BCUT2D eigenvalue weighted by Gasteiger charge is -2.13. The summed E-state index contributed by atoms with van der Waals surface area (Å²) in [6.45, 7) is 2.38. The number of hydrogen-bond donors (Lipinski definition) is 1. The van der Waals surface area contributed by atoms with Crippen LogP contribution in [0.2, 0.25) is 0 Å². The summed E-state index contributed by atoms with van der Waals surface area (Å²) < 4.78 is 32.8. The number of tetrazole rings is 1. The van der Waals surface area contributed by atoms with Gasteiger partial charge >= 0.3 is 0 Å². The van der Waals surface area contributed by atoms with Gasteiger partial charge in [0.2, 0.25) is 21.1 Å². The molecule has 0 atom stereocenters. The first-order valence-corrected chi connectivity index (χ1v) is 11.7. The van der Waals surface area contributed by atoms with Gasteiger partial charge in [-0.05, 0) is 47.7 Å². The SMILES string of the molecule is CCOc1ccccc1-n1nnnc1SCC(=O)Nc1cccc(S(=O)(=O)N(C)C)c1. The zero-order valence-electron chi connectivity index (χ0n) is 17.2. The highest BCUT2D eigenvalue weighted by Crippen LogP contribution is 2.26. The van der Waals surface area contributed by atoms with Crippen molar-refractivity contribution in [2.24, 2.45) is 0 Å². The van der Waals surface area contributed by atoms with Crippen LogP contribution in [0.15, 0.2) is 58.6 Å². The second-order valence-corrected chi connectivity index (χ2v) is 9.52. The number of rotatable bonds is 9. The molecule has 0 saturated heterocycles. The average Bonchev–Trinajstić information content (AvgIpc) is 3.21. The molecule has 3 rings (SSSR count). The van der Waals surface area contributed by atoms with Crippen molar-refractivity contribution >= 4 is 33.4 Å². The maximum absolute atomic E-state index is 12.4. The minimum Gasteiger partial charge on any atom is -0.492 e. The summed E-state index contributed by atoms with van der Waals surface area (Å²) in [5.74, 6) is 0.335. The lowest BCUT2D eigenvalue weighted by atomic mass is 10.3. The lowest BCUT2D eigenvalue weighted by Crippen LogP contribution is -2.22.